The Kier molecular flexibility index (Phi) is 6.90. The quantitative estimate of drug-likeness (QED) is 0.886. The van der Waals surface area contributed by atoms with Gasteiger partial charge in [-0.15, -0.1) is 23.7 Å². The van der Waals surface area contributed by atoms with E-state index in [0.29, 0.717) is 6.54 Å². The van der Waals surface area contributed by atoms with Crippen molar-refractivity contribution in [3.05, 3.63) is 52.5 Å². The molecule has 0 spiro atoms. The second-order valence-electron chi connectivity index (χ2n) is 3.95. The van der Waals surface area contributed by atoms with Crippen molar-refractivity contribution in [3.8, 4) is 0 Å². The van der Waals surface area contributed by atoms with Crippen molar-refractivity contribution in [3.63, 3.8) is 0 Å². The summed E-state index contributed by atoms with van der Waals surface area (Å²) in [5.41, 5.74) is 8.86. The number of thiazole rings is 1. The molecule has 1 aromatic heterocycles. The van der Waals surface area contributed by atoms with Crippen LogP contribution in [0.3, 0.4) is 0 Å². The van der Waals surface area contributed by atoms with Gasteiger partial charge in [-0.1, -0.05) is 30.3 Å². The van der Waals surface area contributed by atoms with Crippen molar-refractivity contribution < 1.29 is 0 Å². The Hall–Kier alpha value is -0.940. The van der Waals surface area contributed by atoms with Crippen LogP contribution in [0.15, 0.2) is 42.0 Å². The molecule has 3 nitrogen and oxygen atoms in total. The third kappa shape index (κ3) is 4.74. The Morgan fingerprint density at radius 3 is 2.56 bits per heavy atom. The van der Waals surface area contributed by atoms with Crippen LogP contribution in [0.5, 0.6) is 0 Å². The van der Waals surface area contributed by atoms with Gasteiger partial charge in [0, 0.05) is 37.3 Å². The molecule has 0 fully saturated rings. The van der Waals surface area contributed by atoms with E-state index < -0.39 is 0 Å². The van der Waals surface area contributed by atoms with Crippen molar-refractivity contribution in [2.24, 2.45) is 5.73 Å². The number of aromatic nitrogens is 1. The molecule has 5 heteroatoms. The first-order chi connectivity index (χ1) is 8.38. The normalized spacial score (nSPS) is 10.3. The van der Waals surface area contributed by atoms with Crippen molar-refractivity contribution in [2.75, 3.05) is 13.1 Å². The lowest BCUT2D eigenvalue weighted by molar-refractivity contribution is 0.266. The summed E-state index contributed by atoms with van der Waals surface area (Å²) in [6.45, 7) is 3.46. The van der Waals surface area contributed by atoms with E-state index in [9.17, 15) is 0 Å². The first-order valence-corrected chi connectivity index (χ1v) is 6.60. The number of hydrogen-bond donors (Lipinski definition) is 1. The van der Waals surface area contributed by atoms with Crippen LogP contribution in [0, 0.1) is 0 Å². The fourth-order valence-corrected chi connectivity index (χ4v) is 2.41. The predicted molar refractivity (Wildman–Crippen MR) is 79.0 cm³/mol. The number of nitrogens with zero attached hydrogens (tertiary/aromatic N) is 2. The Bertz CT molecular complexity index is 419. The molecule has 0 aliphatic heterocycles. The summed E-state index contributed by atoms with van der Waals surface area (Å²) < 4.78 is 0. The molecule has 1 heterocycles. The molecular formula is C13H18ClN3S. The van der Waals surface area contributed by atoms with Gasteiger partial charge in [0.1, 0.15) is 0 Å². The first-order valence-electron chi connectivity index (χ1n) is 5.72. The van der Waals surface area contributed by atoms with Crippen LogP contribution in [0.2, 0.25) is 0 Å². The second-order valence-corrected chi connectivity index (χ2v) is 4.92. The Morgan fingerprint density at radius 2 is 1.94 bits per heavy atom. The monoisotopic (exact) mass is 283 g/mol. The highest BCUT2D eigenvalue weighted by Gasteiger charge is 2.06. The first kappa shape index (κ1) is 15.1. The fourth-order valence-electron chi connectivity index (χ4n) is 1.78. The summed E-state index contributed by atoms with van der Waals surface area (Å²) >= 11 is 1.69. The molecule has 98 valence electrons. The summed E-state index contributed by atoms with van der Waals surface area (Å²) in [7, 11) is 0. The molecule has 0 atom stereocenters. The lowest BCUT2D eigenvalue weighted by Gasteiger charge is -2.20. The number of hydrogen-bond acceptors (Lipinski definition) is 4. The number of rotatable bonds is 6. The standard InChI is InChI=1S/C13H17N3S.ClH/c14-6-7-16(10-13-8-15-11-17-13)9-12-4-2-1-3-5-12;/h1-5,8,11H,6-7,9-10,14H2;1H. The van der Waals surface area contributed by atoms with Crippen molar-refractivity contribution >= 4 is 23.7 Å². The predicted octanol–water partition coefficient (Wildman–Crippen LogP) is 2.53. The lowest BCUT2D eigenvalue weighted by atomic mass is 10.2. The van der Waals surface area contributed by atoms with Gasteiger partial charge in [0.15, 0.2) is 0 Å². The minimum Gasteiger partial charge on any atom is -0.329 e. The SMILES string of the molecule is Cl.NCCN(Cc1ccccc1)Cc1cncs1. The van der Waals surface area contributed by atoms with Gasteiger partial charge >= 0.3 is 0 Å². The molecule has 0 aliphatic rings. The highest BCUT2D eigenvalue weighted by Crippen LogP contribution is 2.12. The summed E-state index contributed by atoms with van der Waals surface area (Å²) in [6.07, 6.45) is 1.93. The van der Waals surface area contributed by atoms with Crippen LogP contribution in [0.25, 0.3) is 0 Å². The van der Waals surface area contributed by atoms with Crippen molar-refractivity contribution in [2.45, 2.75) is 13.1 Å². The van der Waals surface area contributed by atoms with Gasteiger partial charge < -0.3 is 5.73 Å². The average Bonchev–Trinajstić information content (AvgIpc) is 2.83. The maximum Gasteiger partial charge on any atom is 0.0794 e. The van der Waals surface area contributed by atoms with Gasteiger partial charge in [0.25, 0.3) is 0 Å². The van der Waals surface area contributed by atoms with Gasteiger partial charge in [-0.2, -0.15) is 0 Å². The van der Waals surface area contributed by atoms with Gasteiger partial charge in [0.2, 0.25) is 0 Å². The zero-order valence-corrected chi connectivity index (χ0v) is 11.8. The number of benzene rings is 1. The molecule has 18 heavy (non-hydrogen) atoms. The van der Waals surface area contributed by atoms with E-state index in [1.54, 1.807) is 11.3 Å². The lowest BCUT2D eigenvalue weighted by Crippen LogP contribution is -2.28. The van der Waals surface area contributed by atoms with Crippen molar-refractivity contribution in [1.82, 2.24) is 9.88 Å². The van der Waals surface area contributed by atoms with E-state index in [1.165, 1.54) is 10.4 Å². The highest BCUT2D eigenvalue weighted by molar-refractivity contribution is 7.09. The largest absolute Gasteiger partial charge is 0.329 e. The van der Waals surface area contributed by atoms with Crippen LogP contribution in [0.1, 0.15) is 10.4 Å². The zero-order valence-electron chi connectivity index (χ0n) is 10.2. The van der Waals surface area contributed by atoms with Gasteiger partial charge in [-0.3, -0.25) is 9.88 Å². The molecule has 1 aromatic carbocycles. The minimum atomic E-state index is 0. The molecule has 2 N–H and O–H groups in total. The average molecular weight is 284 g/mol. The van der Waals surface area contributed by atoms with E-state index in [1.807, 2.05) is 17.8 Å². The van der Waals surface area contributed by atoms with E-state index in [2.05, 4.69) is 34.1 Å². The van der Waals surface area contributed by atoms with Gasteiger partial charge in [-0.05, 0) is 5.56 Å². The Labute approximate surface area is 118 Å². The highest BCUT2D eigenvalue weighted by atomic mass is 35.5. The Balaban J connectivity index is 0.00000162. The molecule has 2 rings (SSSR count). The molecule has 0 unspecified atom stereocenters. The fraction of sp³-hybridized carbons (Fsp3) is 0.308. The van der Waals surface area contributed by atoms with Crippen LogP contribution in [-0.4, -0.2) is 23.0 Å². The van der Waals surface area contributed by atoms with Crippen LogP contribution < -0.4 is 5.73 Å². The van der Waals surface area contributed by atoms with Crippen molar-refractivity contribution in [1.29, 1.82) is 0 Å². The molecule has 0 amide bonds. The van der Waals surface area contributed by atoms with E-state index in [-0.39, 0.29) is 12.4 Å². The Morgan fingerprint density at radius 1 is 1.17 bits per heavy atom. The topological polar surface area (TPSA) is 42.1 Å². The summed E-state index contributed by atoms with van der Waals surface area (Å²) in [5.74, 6) is 0. The van der Waals surface area contributed by atoms with E-state index in [4.69, 9.17) is 5.73 Å². The van der Waals surface area contributed by atoms with Crippen LogP contribution >= 0.6 is 23.7 Å². The minimum absolute atomic E-state index is 0. The molecule has 0 bridgehead atoms. The smallest absolute Gasteiger partial charge is 0.0794 e. The van der Waals surface area contributed by atoms with Crippen LogP contribution in [-0.2, 0) is 13.1 Å². The molecule has 0 saturated heterocycles. The molecular weight excluding hydrogens is 266 g/mol. The summed E-state index contributed by atoms with van der Waals surface area (Å²) in [4.78, 5) is 7.74. The number of halogens is 1. The molecule has 2 aromatic rings. The third-order valence-corrected chi connectivity index (χ3v) is 3.32. The van der Waals surface area contributed by atoms with E-state index in [0.717, 1.165) is 19.6 Å². The summed E-state index contributed by atoms with van der Waals surface area (Å²) in [5, 5.41) is 0. The van der Waals surface area contributed by atoms with Crippen LogP contribution in [0.4, 0.5) is 0 Å². The zero-order chi connectivity index (χ0) is 11.9. The van der Waals surface area contributed by atoms with Gasteiger partial charge in [0.05, 0.1) is 5.51 Å². The third-order valence-electron chi connectivity index (χ3n) is 2.56. The maximum atomic E-state index is 5.66. The van der Waals surface area contributed by atoms with Gasteiger partial charge in [-0.25, -0.2) is 0 Å². The van der Waals surface area contributed by atoms with E-state index >= 15 is 0 Å². The molecule has 0 saturated carbocycles. The molecule has 0 radical (unpaired) electrons. The summed E-state index contributed by atoms with van der Waals surface area (Å²) in [6, 6.07) is 10.5. The maximum absolute atomic E-state index is 5.66. The second kappa shape index (κ2) is 8.21. The molecule has 0 aliphatic carbocycles. The number of nitrogens with two attached hydrogens (primary N) is 1.